The van der Waals surface area contributed by atoms with E-state index in [2.05, 4.69) is 5.32 Å². The summed E-state index contributed by atoms with van der Waals surface area (Å²) in [6.45, 7) is 0.124. The second-order valence-corrected chi connectivity index (χ2v) is 9.41. The van der Waals surface area contributed by atoms with E-state index >= 15 is 0 Å². The lowest BCUT2D eigenvalue weighted by atomic mass is 9.81. The van der Waals surface area contributed by atoms with Crippen molar-refractivity contribution in [2.75, 3.05) is 18.9 Å². The first kappa shape index (κ1) is 22.5. The molecule has 2 unspecified atom stereocenters. The zero-order valence-electron chi connectivity index (χ0n) is 18.8. The van der Waals surface area contributed by atoms with Crippen molar-refractivity contribution in [2.24, 2.45) is 11.8 Å². The van der Waals surface area contributed by atoms with E-state index < -0.39 is 0 Å². The van der Waals surface area contributed by atoms with Gasteiger partial charge in [0, 0.05) is 37.3 Å². The number of carbonyl (C=O) groups is 4. The van der Waals surface area contributed by atoms with Gasteiger partial charge in [0.05, 0.1) is 11.8 Å². The van der Waals surface area contributed by atoms with Crippen molar-refractivity contribution < 1.29 is 19.2 Å². The predicted octanol–water partition coefficient (Wildman–Crippen LogP) is 3.60. The maximum atomic E-state index is 12.8. The van der Waals surface area contributed by atoms with Gasteiger partial charge in [0.15, 0.2) is 0 Å². The smallest absolute Gasteiger partial charge is 0.253 e. The molecule has 0 aromatic heterocycles. The fraction of sp³-hybridized carbons (Fsp3) is 0.600. The standard InChI is InChI=1S/C25H33N3O4/c1-27(19-7-3-2-4-8-19)23(30)17-11-13-18(14-12-17)26-22(29)15-16-28-24(31)20-9-5-6-10-21(20)25(28)32/h11-14,19-21H,2-10,15-16H2,1H3,(H,26,29). The monoisotopic (exact) mass is 439 g/mol. The minimum absolute atomic E-state index is 0.00213. The molecule has 1 aromatic carbocycles. The highest BCUT2D eigenvalue weighted by molar-refractivity contribution is 6.05. The number of amides is 4. The van der Waals surface area contributed by atoms with E-state index in [1.54, 1.807) is 24.3 Å². The lowest BCUT2D eigenvalue weighted by Gasteiger charge is -2.31. The normalized spacial score (nSPS) is 23.7. The van der Waals surface area contributed by atoms with Crippen LogP contribution in [0.3, 0.4) is 0 Å². The van der Waals surface area contributed by atoms with Gasteiger partial charge in [-0.2, -0.15) is 0 Å². The lowest BCUT2D eigenvalue weighted by Crippen LogP contribution is -2.38. The van der Waals surface area contributed by atoms with Crippen LogP contribution in [0.5, 0.6) is 0 Å². The molecule has 32 heavy (non-hydrogen) atoms. The van der Waals surface area contributed by atoms with Crippen molar-refractivity contribution in [3.63, 3.8) is 0 Å². The van der Waals surface area contributed by atoms with E-state index in [4.69, 9.17) is 0 Å². The number of likely N-dealkylation sites (tertiary alicyclic amines) is 1. The second-order valence-electron chi connectivity index (χ2n) is 9.41. The molecule has 2 atom stereocenters. The highest BCUT2D eigenvalue weighted by atomic mass is 16.2. The van der Waals surface area contributed by atoms with Gasteiger partial charge in [-0.1, -0.05) is 32.1 Å². The Morgan fingerprint density at radius 1 is 0.906 bits per heavy atom. The molecule has 172 valence electrons. The number of nitrogens with zero attached hydrogens (tertiary/aromatic N) is 2. The quantitative estimate of drug-likeness (QED) is 0.686. The highest BCUT2D eigenvalue weighted by Crippen LogP contribution is 2.38. The number of nitrogens with one attached hydrogen (secondary N) is 1. The molecule has 1 saturated heterocycles. The van der Waals surface area contributed by atoms with Gasteiger partial charge < -0.3 is 10.2 Å². The van der Waals surface area contributed by atoms with Crippen molar-refractivity contribution in [2.45, 2.75) is 70.3 Å². The number of hydrogen-bond donors (Lipinski definition) is 1. The summed E-state index contributed by atoms with van der Waals surface area (Å²) in [5.41, 5.74) is 1.20. The molecular formula is C25H33N3O4. The number of anilines is 1. The molecule has 2 saturated carbocycles. The number of fused-ring (bicyclic) bond motifs is 1. The van der Waals surface area contributed by atoms with E-state index in [9.17, 15) is 19.2 Å². The van der Waals surface area contributed by atoms with Crippen LogP contribution in [0.1, 0.15) is 74.6 Å². The molecule has 4 rings (SSSR count). The van der Waals surface area contributed by atoms with E-state index in [0.717, 1.165) is 38.5 Å². The maximum Gasteiger partial charge on any atom is 0.253 e. The topological polar surface area (TPSA) is 86.8 Å². The summed E-state index contributed by atoms with van der Waals surface area (Å²) in [6.07, 6.45) is 9.30. The van der Waals surface area contributed by atoms with Gasteiger partial charge in [-0.25, -0.2) is 0 Å². The minimum Gasteiger partial charge on any atom is -0.339 e. The average molecular weight is 440 g/mol. The summed E-state index contributed by atoms with van der Waals surface area (Å²) in [7, 11) is 1.87. The third-order valence-corrected chi connectivity index (χ3v) is 7.35. The molecule has 1 aliphatic heterocycles. The molecule has 1 aromatic rings. The van der Waals surface area contributed by atoms with E-state index in [0.29, 0.717) is 17.3 Å². The van der Waals surface area contributed by atoms with Crippen molar-refractivity contribution >= 4 is 29.3 Å². The molecule has 0 bridgehead atoms. The number of rotatable bonds is 6. The van der Waals surface area contributed by atoms with Crippen LogP contribution in [0, 0.1) is 11.8 Å². The molecule has 4 amide bonds. The number of benzene rings is 1. The second kappa shape index (κ2) is 9.84. The third kappa shape index (κ3) is 4.71. The molecule has 1 heterocycles. The lowest BCUT2D eigenvalue weighted by molar-refractivity contribution is -0.140. The van der Waals surface area contributed by atoms with Crippen molar-refractivity contribution in [1.29, 1.82) is 0 Å². The van der Waals surface area contributed by atoms with E-state index in [-0.39, 0.29) is 48.4 Å². The van der Waals surface area contributed by atoms with E-state index in [1.165, 1.54) is 24.2 Å². The fourth-order valence-electron chi connectivity index (χ4n) is 5.42. The van der Waals surface area contributed by atoms with Crippen molar-refractivity contribution in [3.8, 4) is 0 Å². The Balaban J connectivity index is 1.28. The Labute approximate surface area is 189 Å². The Hall–Kier alpha value is -2.70. The van der Waals surface area contributed by atoms with Crippen LogP contribution in [-0.4, -0.2) is 53.1 Å². The summed E-state index contributed by atoms with van der Waals surface area (Å²) in [4.78, 5) is 53.3. The van der Waals surface area contributed by atoms with Crippen LogP contribution < -0.4 is 5.32 Å². The van der Waals surface area contributed by atoms with Crippen molar-refractivity contribution in [3.05, 3.63) is 29.8 Å². The molecule has 0 spiro atoms. The van der Waals surface area contributed by atoms with Crippen LogP contribution in [0.4, 0.5) is 5.69 Å². The van der Waals surface area contributed by atoms with Crippen molar-refractivity contribution in [1.82, 2.24) is 9.80 Å². The van der Waals surface area contributed by atoms with Crippen LogP contribution >= 0.6 is 0 Å². The average Bonchev–Trinajstić information content (AvgIpc) is 3.07. The Morgan fingerprint density at radius 3 is 2.06 bits per heavy atom. The maximum absolute atomic E-state index is 12.8. The summed E-state index contributed by atoms with van der Waals surface area (Å²) in [5, 5.41) is 2.80. The molecule has 7 heteroatoms. The molecule has 3 fully saturated rings. The summed E-state index contributed by atoms with van der Waals surface area (Å²) < 4.78 is 0. The van der Waals surface area contributed by atoms with Gasteiger partial charge in [0.25, 0.3) is 5.91 Å². The number of hydrogen-bond acceptors (Lipinski definition) is 4. The molecule has 2 aliphatic carbocycles. The first-order valence-electron chi connectivity index (χ1n) is 12.0. The third-order valence-electron chi connectivity index (χ3n) is 7.35. The van der Waals surface area contributed by atoms with Gasteiger partial charge in [0.2, 0.25) is 17.7 Å². The minimum atomic E-state index is -0.251. The largest absolute Gasteiger partial charge is 0.339 e. The van der Waals surface area contributed by atoms with Gasteiger partial charge in [-0.3, -0.25) is 24.1 Å². The first-order valence-corrected chi connectivity index (χ1v) is 12.0. The van der Waals surface area contributed by atoms with Gasteiger partial charge in [0.1, 0.15) is 0 Å². The predicted molar refractivity (Wildman–Crippen MR) is 121 cm³/mol. The fourth-order valence-corrected chi connectivity index (χ4v) is 5.42. The Kier molecular flexibility index (Phi) is 6.92. The first-order chi connectivity index (χ1) is 15.5. The van der Waals surface area contributed by atoms with Gasteiger partial charge in [-0.15, -0.1) is 0 Å². The molecule has 3 aliphatic rings. The summed E-state index contributed by atoms with van der Waals surface area (Å²) >= 11 is 0. The van der Waals surface area contributed by atoms with Crippen LogP contribution in [0.15, 0.2) is 24.3 Å². The number of carbonyl (C=O) groups excluding carboxylic acids is 4. The van der Waals surface area contributed by atoms with Crippen LogP contribution in [-0.2, 0) is 14.4 Å². The SMILES string of the molecule is CN(C(=O)c1ccc(NC(=O)CCN2C(=O)C3CCCCC3C2=O)cc1)C1CCCCC1. The summed E-state index contributed by atoms with van der Waals surface area (Å²) in [6, 6.07) is 7.21. The van der Waals surface area contributed by atoms with E-state index in [1.807, 2.05) is 11.9 Å². The zero-order valence-corrected chi connectivity index (χ0v) is 18.8. The molecule has 1 N–H and O–H groups in total. The van der Waals surface area contributed by atoms with Crippen LogP contribution in [0.2, 0.25) is 0 Å². The Bertz CT molecular complexity index is 852. The van der Waals surface area contributed by atoms with Gasteiger partial charge >= 0.3 is 0 Å². The summed E-state index contributed by atoms with van der Waals surface area (Å²) in [5.74, 6) is -0.844. The van der Waals surface area contributed by atoms with Crippen LogP contribution in [0.25, 0.3) is 0 Å². The Morgan fingerprint density at radius 2 is 1.47 bits per heavy atom. The molecular weight excluding hydrogens is 406 g/mol. The highest BCUT2D eigenvalue weighted by Gasteiger charge is 2.47. The van der Waals surface area contributed by atoms with Gasteiger partial charge in [-0.05, 0) is 49.9 Å². The number of imide groups is 1. The zero-order chi connectivity index (χ0) is 22.7. The molecule has 0 radical (unpaired) electrons. The molecule has 7 nitrogen and oxygen atoms in total.